The third-order valence-electron chi connectivity index (χ3n) is 3.44. The van der Waals surface area contributed by atoms with Crippen LogP contribution in [0.25, 0.3) is 11.1 Å². The summed E-state index contributed by atoms with van der Waals surface area (Å²) in [6.45, 7) is 4.23. The molecule has 3 rings (SSSR count). The Morgan fingerprint density at radius 1 is 1.17 bits per heavy atom. The molecule has 0 bridgehead atoms. The largest absolute Gasteiger partial charge is 0.484 e. The Balaban J connectivity index is 1.52. The zero-order valence-corrected chi connectivity index (χ0v) is 13.1. The molecule has 1 heterocycles. The summed E-state index contributed by atoms with van der Waals surface area (Å²) < 4.78 is 10.9. The van der Waals surface area contributed by atoms with Gasteiger partial charge in [-0.25, -0.2) is 4.98 Å². The summed E-state index contributed by atoms with van der Waals surface area (Å²) in [5.74, 6) is 1.15. The lowest BCUT2D eigenvalue weighted by Crippen LogP contribution is -2.28. The first kappa shape index (κ1) is 15.1. The number of hydrogen-bond donors (Lipinski definition) is 1. The predicted octanol–water partition coefficient (Wildman–Crippen LogP) is 3.14. The van der Waals surface area contributed by atoms with Crippen molar-refractivity contribution in [3.8, 4) is 5.75 Å². The fourth-order valence-electron chi connectivity index (χ4n) is 2.23. The third-order valence-corrected chi connectivity index (χ3v) is 3.44. The highest BCUT2D eigenvalue weighted by Gasteiger charge is 2.06. The quantitative estimate of drug-likeness (QED) is 0.786. The number of carbonyl (C=O) groups is 1. The van der Waals surface area contributed by atoms with Gasteiger partial charge in [-0.05, 0) is 36.8 Å². The van der Waals surface area contributed by atoms with Crippen molar-refractivity contribution in [3.05, 3.63) is 59.5 Å². The summed E-state index contributed by atoms with van der Waals surface area (Å²) in [5, 5.41) is 2.83. The van der Waals surface area contributed by atoms with Crippen LogP contribution in [-0.4, -0.2) is 17.5 Å². The van der Waals surface area contributed by atoms with Crippen molar-refractivity contribution in [1.82, 2.24) is 10.3 Å². The number of amides is 1. The number of hydrogen-bond acceptors (Lipinski definition) is 4. The Labute approximate surface area is 134 Å². The highest BCUT2D eigenvalue weighted by atomic mass is 16.5. The lowest BCUT2D eigenvalue weighted by atomic mass is 10.2. The molecule has 1 amide bonds. The van der Waals surface area contributed by atoms with Gasteiger partial charge in [0.25, 0.3) is 5.91 Å². The Hall–Kier alpha value is -2.82. The topological polar surface area (TPSA) is 64.4 Å². The highest BCUT2D eigenvalue weighted by Crippen LogP contribution is 2.16. The zero-order valence-electron chi connectivity index (χ0n) is 13.1. The van der Waals surface area contributed by atoms with E-state index in [-0.39, 0.29) is 12.5 Å². The first-order chi connectivity index (χ1) is 11.1. The monoisotopic (exact) mass is 310 g/mol. The molecule has 1 N–H and O–H groups in total. The zero-order chi connectivity index (χ0) is 16.2. The second kappa shape index (κ2) is 6.52. The van der Waals surface area contributed by atoms with Crippen molar-refractivity contribution in [2.24, 2.45) is 0 Å². The SMILES string of the molecule is Cc1ccc(OCC(=O)NCc2ccc3nc(C)oc3c2)cc1. The number of rotatable bonds is 5. The maximum absolute atomic E-state index is 11.9. The van der Waals surface area contributed by atoms with Gasteiger partial charge in [0.15, 0.2) is 18.1 Å². The molecule has 1 aromatic heterocycles. The van der Waals surface area contributed by atoms with Crippen molar-refractivity contribution < 1.29 is 13.9 Å². The van der Waals surface area contributed by atoms with Crippen LogP contribution in [0.5, 0.6) is 5.75 Å². The Kier molecular flexibility index (Phi) is 4.28. The summed E-state index contributed by atoms with van der Waals surface area (Å²) in [6, 6.07) is 13.3. The molecule has 0 radical (unpaired) electrons. The van der Waals surface area contributed by atoms with E-state index in [1.807, 2.05) is 56.3 Å². The molecule has 0 aliphatic carbocycles. The van der Waals surface area contributed by atoms with Crippen LogP contribution in [0.1, 0.15) is 17.0 Å². The molecular weight excluding hydrogens is 292 g/mol. The molecule has 0 aliphatic heterocycles. The maximum atomic E-state index is 11.9. The van der Waals surface area contributed by atoms with Crippen LogP contribution < -0.4 is 10.1 Å². The second-order valence-electron chi connectivity index (χ2n) is 5.41. The molecule has 0 saturated carbocycles. The minimum absolute atomic E-state index is 0.00722. The van der Waals surface area contributed by atoms with Crippen LogP contribution in [0.4, 0.5) is 0 Å². The van der Waals surface area contributed by atoms with Gasteiger partial charge in [-0.3, -0.25) is 4.79 Å². The molecule has 3 aromatic rings. The number of fused-ring (bicyclic) bond motifs is 1. The molecule has 5 nitrogen and oxygen atoms in total. The van der Waals surface area contributed by atoms with Gasteiger partial charge in [-0.2, -0.15) is 0 Å². The molecule has 23 heavy (non-hydrogen) atoms. The molecule has 0 fully saturated rings. The molecule has 0 unspecified atom stereocenters. The average Bonchev–Trinajstić information content (AvgIpc) is 2.91. The van der Waals surface area contributed by atoms with Crippen LogP contribution in [-0.2, 0) is 11.3 Å². The first-order valence-electron chi connectivity index (χ1n) is 7.42. The van der Waals surface area contributed by atoms with E-state index in [0.717, 1.165) is 22.2 Å². The van der Waals surface area contributed by atoms with E-state index in [1.54, 1.807) is 0 Å². The normalized spacial score (nSPS) is 10.7. The van der Waals surface area contributed by atoms with Gasteiger partial charge < -0.3 is 14.5 Å². The molecule has 0 aliphatic rings. The molecule has 0 atom stereocenters. The molecular formula is C18H18N2O3. The maximum Gasteiger partial charge on any atom is 0.258 e. The van der Waals surface area contributed by atoms with Crippen LogP contribution in [0.2, 0.25) is 0 Å². The van der Waals surface area contributed by atoms with Crippen molar-refractivity contribution in [2.75, 3.05) is 6.61 Å². The molecule has 0 saturated heterocycles. The second-order valence-corrected chi connectivity index (χ2v) is 5.41. The first-order valence-corrected chi connectivity index (χ1v) is 7.42. The minimum Gasteiger partial charge on any atom is -0.484 e. The Morgan fingerprint density at radius 3 is 2.74 bits per heavy atom. The van der Waals surface area contributed by atoms with E-state index in [1.165, 1.54) is 0 Å². The standard InChI is InChI=1S/C18H18N2O3/c1-12-3-6-15(7-4-12)22-11-18(21)19-10-14-5-8-16-17(9-14)23-13(2)20-16/h3-9H,10-11H2,1-2H3,(H,19,21). The third kappa shape index (κ3) is 3.88. The van der Waals surface area contributed by atoms with Gasteiger partial charge in [-0.1, -0.05) is 23.8 Å². The molecule has 118 valence electrons. The van der Waals surface area contributed by atoms with Gasteiger partial charge in [0.1, 0.15) is 11.3 Å². The van der Waals surface area contributed by atoms with Crippen molar-refractivity contribution in [2.45, 2.75) is 20.4 Å². The van der Waals surface area contributed by atoms with Gasteiger partial charge >= 0.3 is 0 Å². The van der Waals surface area contributed by atoms with Gasteiger partial charge in [0.05, 0.1) is 0 Å². The summed E-state index contributed by atoms with van der Waals surface area (Å²) in [7, 11) is 0. The summed E-state index contributed by atoms with van der Waals surface area (Å²) >= 11 is 0. The number of nitrogens with zero attached hydrogens (tertiary/aromatic N) is 1. The number of nitrogens with one attached hydrogen (secondary N) is 1. The number of carbonyl (C=O) groups excluding carboxylic acids is 1. The van der Waals surface area contributed by atoms with E-state index in [2.05, 4.69) is 10.3 Å². The molecule has 5 heteroatoms. The average molecular weight is 310 g/mol. The highest BCUT2D eigenvalue weighted by molar-refractivity contribution is 5.78. The fraction of sp³-hybridized carbons (Fsp3) is 0.222. The van der Waals surface area contributed by atoms with E-state index < -0.39 is 0 Å². The lowest BCUT2D eigenvalue weighted by molar-refractivity contribution is -0.123. The van der Waals surface area contributed by atoms with Crippen LogP contribution >= 0.6 is 0 Å². The predicted molar refractivity (Wildman–Crippen MR) is 87.3 cm³/mol. The van der Waals surface area contributed by atoms with Crippen LogP contribution in [0, 0.1) is 13.8 Å². The number of benzene rings is 2. The van der Waals surface area contributed by atoms with E-state index in [0.29, 0.717) is 18.2 Å². The Bertz CT molecular complexity index is 822. The van der Waals surface area contributed by atoms with E-state index in [9.17, 15) is 4.79 Å². The summed E-state index contributed by atoms with van der Waals surface area (Å²) in [4.78, 5) is 16.1. The fourth-order valence-corrected chi connectivity index (χ4v) is 2.23. The number of aromatic nitrogens is 1. The Morgan fingerprint density at radius 2 is 1.96 bits per heavy atom. The van der Waals surface area contributed by atoms with Gasteiger partial charge in [0, 0.05) is 13.5 Å². The molecule has 2 aromatic carbocycles. The van der Waals surface area contributed by atoms with E-state index in [4.69, 9.17) is 9.15 Å². The van der Waals surface area contributed by atoms with Crippen molar-refractivity contribution in [1.29, 1.82) is 0 Å². The van der Waals surface area contributed by atoms with Crippen molar-refractivity contribution >= 4 is 17.0 Å². The van der Waals surface area contributed by atoms with Gasteiger partial charge in [0.2, 0.25) is 0 Å². The lowest BCUT2D eigenvalue weighted by Gasteiger charge is -2.07. The number of oxazole rings is 1. The van der Waals surface area contributed by atoms with Crippen LogP contribution in [0.15, 0.2) is 46.9 Å². The smallest absolute Gasteiger partial charge is 0.258 e. The number of ether oxygens (including phenoxy) is 1. The van der Waals surface area contributed by atoms with E-state index >= 15 is 0 Å². The summed E-state index contributed by atoms with van der Waals surface area (Å²) in [6.07, 6.45) is 0. The molecule has 0 spiro atoms. The van der Waals surface area contributed by atoms with Crippen LogP contribution in [0.3, 0.4) is 0 Å². The van der Waals surface area contributed by atoms with Crippen molar-refractivity contribution in [3.63, 3.8) is 0 Å². The van der Waals surface area contributed by atoms with Gasteiger partial charge in [-0.15, -0.1) is 0 Å². The summed E-state index contributed by atoms with van der Waals surface area (Å²) in [5.41, 5.74) is 3.66. The number of aryl methyl sites for hydroxylation is 2. The minimum atomic E-state index is -0.167.